The maximum absolute atomic E-state index is 5.91. The van der Waals surface area contributed by atoms with Crippen LogP contribution in [-0.2, 0) is 0 Å². The molecule has 4 heteroatoms. The molecular formula is C13H13ClN2O. The number of rotatable bonds is 2. The summed E-state index contributed by atoms with van der Waals surface area (Å²) in [6, 6.07) is 10.7. The number of aryl methyl sites for hydroxylation is 1. The van der Waals surface area contributed by atoms with Crippen LogP contribution in [0.5, 0.6) is 11.5 Å². The molecule has 0 unspecified atom stereocenters. The Morgan fingerprint density at radius 2 is 1.76 bits per heavy atom. The van der Waals surface area contributed by atoms with Crippen molar-refractivity contribution in [1.29, 1.82) is 0 Å². The van der Waals surface area contributed by atoms with Gasteiger partial charge in [-0.1, -0.05) is 17.7 Å². The zero-order valence-corrected chi connectivity index (χ0v) is 10.2. The van der Waals surface area contributed by atoms with Crippen molar-refractivity contribution in [1.82, 2.24) is 0 Å². The first-order valence-corrected chi connectivity index (χ1v) is 5.53. The van der Waals surface area contributed by atoms with E-state index in [1.165, 1.54) is 0 Å². The van der Waals surface area contributed by atoms with E-state index in [1.54, 1.807) is 24.3 Å². The molecule has 2 aromatic rings. The SMILES string of the molecule is Cc1ccc(Cl)cc1Oc1ccc(N)c(N)c1. The van der Waals surface area contributed by atoms with Crippen LogP contribution in [0.3, 0.4) is 0 Å². The summed E-state index contributed by atoms with van der Waals surface area (Å²) in [4.78, 5) is 0. The van der Waals surface area contributed by atoms with Gasteiger partial charge in [-0.05, 0) is 36.8 Å². The Morgan fingerprint density at radius 3 is 2.47 bits per heavy atom. The Balaban J connectivity index is 2.31. The number of hydrogen-bond donors (Lipinski definition) is 2. The van der Waals surface area contributed by atoms with Crippen molar-refractivity contribution in [3.63, 3.8) is 0 Å². The largest absolute Gasteiger partial charge is 0.457 e. The Hall–Kier alpha value is -1.87. The molecule has 0 radical (unpaired) electrons. The van der Waals surface area contributed by atoms with Crippen molar-refractivity contribution < 1.29 is 4.74 Å². The predicted molar refractivity (Wildman–Crippen MR) is 71.5 cm³/mol. The molecule has 0 fully saturated rings. The number of nitrogen functional groups attached to an aromatic ring is 2. The summed E-state index contributed by atoms with van der Waals surface area (Å²) in [5.74, 6) is 1.35. The first-order valence-electron chi connectivity index (χ1n) is 5.15. The molecule has 4 N–H and O–H groups in total. The Morgan fingerprint density at radius 1 is 1.00 bits per heavy atom. The number of nitrogens with two attached hydrogens (primary N) is 2. The molecule has 0 aliphatic carbocycles. The van der Waals surface area contributed by atoms with Gasteiger partial charge in [0.1, 0.15) is 11.5 Å². The van der Waals surface area contributed by atoms with Crippen molar-refractivity contribution in [2.75, 3.05) is 11.5 Å². The van der Waals surface area contributed by atoms with Gasteiger partial charge in [0.05, 0.1) is 11.4 Å². The molecule has 0 atom stereocenters. The van der Waals surface area contributed by atoms with E-state index in [1.807, 2.05) is 19.1 Å². The van der Waals surface area contributed by atoms with Crippen molar-refractivity contribution >= 4 is 23.0 Å². The van der Waals surface area contributed by atoms with Gasteiger partial charge in [0.15, 0.2) is 0 Å². The number of hydrogen-bond acceptors (Lipinski definition) is 3. The van der Waals surface area contributed by atoms with Crippen LogP contribution >= 0.6 is 11.6 Å². The van der Waals surface area contributed by atoms with Gasteiger partial charge >= 0.3 is 0 Å². The molecule has 0 saturated carbocycles. The summed E-state index contributed by atoms with van der Waals surface area (Å²) < 4.78 is 5.71. The molecule has 0 bridgehead atoms. The fourth-order valence-corrected chi connectivity index (χ4v) is 1.59. The van der Waals surface area contributed by atoms with E-state index in [-0.39, 0.29) is 0 Å². The van der Waals surface area contributed by atoms with E-state index in [0.29, 0.717) is 27.9 Å². The van der Waals surface area contributed by atoms with Gasteiger partial charge in [-0.25, -0.2) is 0 Å². The van der Waals surface area contributed by atoms with E-state index in [2.05, 4.69) is 0 Å². The number of benzene rings is 2. The van der Waals surface area contributed by atoms with E-state index in [9.17, 15) is 0 Å². The van der Waals surface area contributed by atoms with Gasteiger partial charge in [0.25, 0.3) is 0 Å². The fraction of sp³-hybridized carbons (Fsp3) is 0.0769. The molecule has 2 rings (SSSR count). The van der Waals surface area contributed by atoms with E-state index in [0.717, 1.165) is 5.56 Å². The zero-order chi connectivity index (χ0) is 12.4. The monoisotopic (exact) mass is 248 g/mol. The molecule has 17 heavy (non-hydrogen) atoms. The maximum atomic E-state index is 5.91. The molecular weight excluding hydrogens is 236 g/mol. The average Bonchev–Trinajstić information content (AvgIpc) is 2.29. The average molecular weight is 249 g/mol. The fourth-order valence-electron chi connectivity index (χ4n) is 1.43. The van der Waals surface area contributed by atoms with Crippen LogP contribution < -0.4 is 16.2 Å². The molecule has 0 aromatic heterocycles. The number of anilines is 2. The van der Waals surface area contributed by atoms with Crippen LogP contribution in [0.25, 0.3) is 0 Å². The van der Waals surface area contributed by atoms with Crippen molar-refractivity contribution in [3.8, 4) is 11.5 Å². The second kappa shape index (κ2) is 4.55. The Kier molecular flexibility index (Phi) is 3.11. The lowest BCUT2D eigenvalue weighted by Crippen LogP contribution is -1.95. The molecule has 0 spiro atoms. The molecule has 0 saturated heterocycles. The Bertz CT molecular complexity index is 555. The lowest BCUT2D eigenvalue weighted by Gasteiger charge is -2.10. The van der Waals surface area contributed by atoms with Crippen LogP contribution in [0, 0.1) is 6.92 Å². The lowest BCUT2D eigenvalue weighted by molar-refractivity contribution is 0.479. The molecule has 2 aromatic carbocycles. The van der Waals surface area contributed by atoms with Gasteiger partial charge < -0.3 is 16.2 Å². The van der Waals surface area contributed by atoms with Crippen molar-refractivity contribution in [3.05, 3.63) is 47.0 Å². The molecule has 0 aliphatic heterocycles. The number of ether oxygens (including phenoxy) is 1. The first kappa shape index (κ1) is 11.6. The zero-order valence-electron chi connectivity index (χ0n) is 9.41. The third-order valence-electron chi connectivity index (χ3n) is 2.44. The van der Waals surface area contributed by atoms with Crippen LogP contribution in [0.4, 0.5) is 11.4 Å². The van der Waals surface area contributed by atoms with Crippen LogP contribution in [0.15, 0.2) is 36.4 Å². The summed E-state index contributed by atoms with van der Waals surface area (Å²) in [6.45, 7) is 1.95. The minimum absolute atomic E-state index is 0.502. The maximum Gasteiger partial charge on any atom is 0.131 e. The second-order valence-electron chi connectivity index (χ2n) is 3.80. The highest BCUT2D eigenvalue weighted by Gasteiger charge is 2.04. The minimum Gasteiger partial charge on any atom is -0.457 e. The highest BCUT2D eigenvalue weighted by atomic mass is 35.5. The highest BCUT2D eigenvalue weighted by Crippen LogP contribution is 2.30. The smallest absolute Gasteiger partial charge is 0.131 e. The standard InChI is InChI=1S/C13H13ClN2O/c1-8-2-3-9(14)6-13(8)17-10-4-5-11(15)12(16)7-10/h2-7H,15-16H2,1H3. The quantitative estimate of drug-likeness (QED) is 0.798. The first-order chi connectivity index (χ1) is 8.06. The van der Waals surface area contributed by atoms with Crippen molar-refractivity contribution in [2.24, 2.45) is 0 Å². The number of halogens is 1. The molecule has 0 heterocycles. The normalized spacial score (nSPS) is 10.2. The van der Waals surface area contributed by atoms with Crippen LogP contribution in [-0.4, -0.2) is 0 Å². The summed E-state index contributed by atoms with van der Waals surface area (Å²) in [7, 11) is 0. The predicted octanol–water partition coefficient (Wildman–Crippen LogP) is 3.61. The summed E-state index contributed by atoms with van der Waals surface area (Å²) in [6.07, 6.45) is 0. The minimum atomic E-state index is 0.502. The van der Waals surface area contributed by atoms with Crippen molar-refractivity contribution in [2.45, 2.75) is 6.92 Å². The van der Waals surface area contributed by atoms with Gasteiger partial charge in [-0.3, -0.25) is 0 Å². The summed E-state index contributed by atoms with van der Waals surface area (Å²) in [5.41, 5.74) is 13.4. The van der Waals surface area contributed by atoms with Gasteiger partial charge in [0, 0.05) is 11.1 Å². The summed E-state index contributed by atoms with van der Waals surface area (Å²) in [5, 5.41) is 0.633. The lowest BCUT2D eigenvalue weighted by atomic mass is 10.2. The molecule has 88 valence electrons. The van der Waals surface area contributed by atoms with Gasteiger partial charge in [-0.15, -0.1) is 0 Å². The molecule has 3 nitrogen and oxygen atoms in total. The summed E-state index contributed by atoms with van der Waals surface area (Å²) >= 11 is 5.91. The highest BCUT2D eigenvalue weighted by molar-refractivity contribution is 6.30. The van der Waals surface area contributed by atoms with Crippen LogP contribution in [0.1, 0.15) is 5.56 Å². The molecule has 0 amide bonds. The third kappa shape index (κ3) is 2.63. The molecule has 0 aliphatic rings. The van der Waals surface area contributed by atoms with Gasteiger partial charge in [-0.2, -0.15) is 0 Å². The van der Waals surface area contributed by atoms with E-state index >= 15 is 0 Å². The second-order valence-corrected chi connectivity index (χ2v) is 4.24. The topological polar surface area (TPSA) is 61.3 Å². The third-order valence-corrected chi connectivity index (χ3v) is 2.67. The van der Waals surface area contributed by atoms with E-state index in [4.69, 9.17) is 27.8 Å². The van der Waals surface area contributed by atoms with Gasteiger partial charge in [0.2, 0.25) is 0 Å². The van der Waals surface area contributed by atoms with Crippen LogP contribution in [0.2, 0.25) is 5.02 Å². The van der Waals surface area contributed by atoms with E-state index < -0.39 is 0 Å². The Labute approximate surface area is 105 Å².